The highest BCUT2D eigenvalue weighted by Gasteiger charge is 2.04. The molecule has 2 rings (SSSR count). The summed E-state index contributed by atoms with van der Waals surface area (Å²) >= 11 is 8.27. The van der Waals surface area contributed by atoms with Crippen molar-refractivity contribution < 1.29 is 0 Å². The zero-order chi connectivity index (χ0) is 10.1. The molecule has 1 aromatic carbocycles. The normalized spacial score (nSPS) is 10.5. The fourth-order valence-electron chi connectivity index (χ4n) is 1.23. The van der Waals surface area contributed by atoms with Crippen LogP contribution in [0.1, 0.15) is 0 Å². The molecule has 0 saturated carbocycles. The van der Waals surface area contributed by atoms with Gasteiger partial charge in [0.15, 0.2) is 0 Å². The van der Waals surface area contributed by atoms with E-state index in [0.29, 0.717) is 10.8 Å². The first-order chi connectivity index (χ1) is 6.72. The van der Waals surface area contributed by atoms with E-state index in [9.17, 15) is 0 Å². The number of hydrazine groups is 1. The Hall–Kier alpha value is -0.590. The Morgan fingerprint density at radius 3 is 2.79 bits per heavy atom. The Bertz CT molecular complexity index is 487. The maximum atomic E-state index is 6.02. The number of anilines is 1. The molecule has 0 amide bonds. The predicted octanol–water partition coefficient (Wildman–Crippen LogP) is 2.78. The van der Waals surface area contributed by atoms with E-state index >= 15 is 0 Å². The topological polar surface area (TPSA) is 50.9 Å². The third-order valence-corrected chi connectivity index (χ3v) is 3.15. The minimum absolute atomic E-state index is 0.612. The van der Waals surface area contributed by atoms with Crippen LogP contribution < -0.4 is 11.3 Å². The van der Waals surface area contributed by atoms with Crippen LogP contribution in [-0.2, 0) is 0 Å². The van der Waals surface area contributed by atoms with E-state index in [2.05, 4.69) is 33.0 Å². The van der Waals surface area contributed by atoms with Crippen LogP contribution in [0.2, 0.25) is 5.02 Å². The molecule has 14 heavy (non-hydrogen) atoms. The van der Waals surface area contributed by atoms with Crippen LogP contribution in [0.3, 0.4) is 0 Å². The Balaban J connectivity index is 2.80. The number of fused-ring (bicyclic) bond motifs is 1. The lowest BCUT2D eigenvalue weighted by Gasteiger charge is -2.04. The van der Waals surface area contributed by atoms with Gasteiger partial charge in [0.2, 0.25) is 0 Å². The molecule has 0 saturated heterocycles. The lowest BCUT2D eigenvalue weighted by atomic mass is 10.2. The van der Waals surface area contributed by atoms with Crippen molar-refractivity contribution in [1.82, 2.24) is 4.98 Å². The molecule has 0 radical (unpaired) electrons. The second-order valence-corrected chi connectivity index (χ2v) is 4.34. The fourth-order valence-corrected chi connectivity index (χ4v) is 2.05. The monoisotopic (exact) mass is 319 g/mol. The Morgan fingerprint density at radius 2 is 2.07 bits per heavy atom. The zero-order valence-corrected chi connectivity index (χ0v) is 10.0. The van der Waals surface area contributed by atoms with Crippen LogP contribution in [-0.4, -0.2) is 4.98 Å². The number of pyridine rings is 1. The lowest BCUT2D eigenvalue weighted by Crippen LogP contribution is -2.08. The molecule has 0 aliphatic rings. The number of hydrogen-bond acceptors (Lipinski definition) is 3. The second-order valence-electron chi connectivity index (χ2n) is 2.77. The molecule has 0 spiro atoms. The van der Waals surface area contributed by atoms with Crippen LogP contribution in [0.25, 0.3) is 10.9 Å². The first-order valence-corrected chi connectivity index (χ1v) is 5.39. The van der Waals surface area contributed by atoms with Crippen LogP contribution in [0, 0.1) is 3.57 Å². The van der Waals surface area contributed by atoms with Crippen molar-refractivity contribution in [2.75, 3.05) is 5.43 Å². The molecule has 3 nitrogen and oxygen atoms in total. The van der Waals surface area contributed by atoms with Gasteiger partial charge < -0.3 is 5.43 Å². The maximum Gasteiger partial charge on any atom is 0.140 e. The van der Waals surface area contributed by atoms with E-state index < -0.39 is 0 Å². The first kappa shape index (κ1) is 9.95. The van der Waals surface area contributed by atoms with E-state index in [0.717, 1.165) is 14.5 Å². The fraction of sp³-hybridized carbons (Fsp3) is 0. The molecule has 0 bridgehead atoms. The Kier molecular flexibility index (Phi) is 2.76. The summed E-state index contributed by atoms with van der Waals surface area (Å²) in [6.07, 6.45) is 0. The summed E-state index contributed by atoms with van der Waals surface area (Å²) in [5.74, 6) is 5.88. The van der Waals surface area contributed by atoms with Crippen LogP contribution in [0.4, 0.5) is 5.82 Å². The first-order valence-electron chi connectivity index (χ1n) is 3.94. The smallest absolute Gasteiger partial charge is 0.140 e. The Morgan fingerprint density at radius 1 is 1.29 bits per heavy atom. The van der Waals surface area contributed by atoms with Crippen molar-refractivity contribution in [3.05, 3.63) is 32.9 Å². The van der Waals surface area contributed by atoms with Gasteiger partial charge in [0.05, 0.1) is 10.5 Å². The largest absolute Gasteiger partial charge is 0.308 e. The molecule has 0 atom stereocenters. The summed E-state index contributed by atoms with van der Waals surface area (Å²) in [5, 5.41) is 1.68. The van der Waals surface area contributed by atoms with Gasteiger partial charge in [-0.3, -0.25) is 0 Å². The predicted molar refractivity (Wildman–Crippen MR) is 67.3 cm³/mol. The summed E-state index contributed by atoms with van der Waals surface area (Å²) in [6.45, 7) is 0. The summed E-state index contributed by atoms with van der Waals surface area (Å²) < 4.78 is 1.12. The molecule has 1 heterocycles. The number of nitrogens with zero attached hydrogens (tertiary/aromatic N) is 1. The van der Waals surface area contributed by atoms with E-state index in [1.165, 1.54) is 0 Å². The molecule has 2 aromatic rings. The molecule has 0 aliphatic heterocycles. The quantitative estimate of drug-likeness (QED) is 0.483. The molecule has 0 fully saturated rings. The third kappa shape index (κ3) is 1.65. The molecular formula is C9H7ClIN3. The van der Waals surface area contributed by atoms with Crippen LogP contribution in [0.5, 0.6) is 0 Å². The minimum Gasteiger partial charge on any atom is -0.308 e. The molecule has 3 N–H and O–H groups in total. The lowest BCUT2D eigenvalue weighted by molar-refractivity contribution is 1.26. The van der Waals surface area contributed by atoms with Gasteiger partial charge in [0.1, 0.15) is 5.82 Å². The molecule has 72 valence electrons. The highest BCUT2D eigenvalue weighted by molar-refractivity contribution is 14.1. The molecule has 0 unspecified atom stereocenters. The van der Waals surface area contributed by atoms with Crippen LogP contribution in [0.15, 0.2) is 24.3 Å². The van der Waals surface area contributed by atoms with E-state index in [-0.39, 0.29) is 0 Å². The Labute approximate surface area is 99.8 Å². The molecule has 0 aliphatic carbocycles. The van der Waals surface area contributed by atoms with Gasteiger partial charge in [-0.25, -0.2) is 10.8 Å². The van der Waals surface area contributed by atoms with Gasteiger partial charge in [-0.2, -0.15) is 0 Å². The van der Waals surface area contributed by atoms with E-state index in [1.807, 2.05) is 24.3 Å². The number of nitrogen functional groups attached to an aromatic ring is 1. The molecular weight excluding hydrogens is 312 g/mol. The number of aromatic nitrogens is 1. The van der Waals surface area contributed by atoms with Crippen molar-refractivity contribution >= 4 is 50.9 Å². The van der Waals surface area contributed by atoms with Crippen molar-refractivity contribution in [2.45, 2.75) is 0 Å². The zero-order valence-electron chi connectivity index (χ0n) is 7.09. The summed E-state index contributed by atoms with van der Waals surface area (Å²) in [7, 11) is 0. The summed E-state index contributed by atoms with van der Waals surface area (Å²) in [4.78, 5) is 4.28. The van der Waals surface area contributed by atoms with E-state index in [1.54, 1.807) is 0 Å². The van der Waals surface area contributed by atoms with E-state index in [4.69, 9.17) is 17.4 Å². The standard InChI is InChI=1S/C9H7ClIN3/c10-6-2-3-7(11)5-1-4-8(14-12)13-9(5)6/h1-4H,12H2,(H,13,14). The highest BCUT2D eigenvalue weighted by atomic mass is 127. The van der Waals surface area contributed by atoms with Crippen molar-refractivity contribution in [1.29, 1.82) is 0 Å². The van der Waals surface area contributed by atoms with Gasteiger partial charge in [0, 0.05) is 8.96 Å². The van der Waals surface area contributed by atoms with Crippen molar-refractivity contribution in [2.24, 2.45) is 5.84 Å². The maximum absolute atomic E-state index is 6.02. The molecule has 5 heteroatoms. The SMILES string of the molecule is NNc1ccc2c(I)ccc(Cl)c2n1. The van der Waals surface area contributed by atoms with Gasteiger partial charge in [-0.1, -0.05) is 11.6 Å². The third-order valence-electron chi connectivity index (χ3n) is 1.90. The van der Waals surface area contributed by atoms with Gasteiger partial charge >= 0.3 is 0 Å². The van der Waals surface area contributed by atoms with Gasteiger partial charge in [0.25, 0.3) is 0 Å². The number of halogens is 2. The van der Waals surface area contributed by atoms with Gasteiger partial charge in [-0.15, -0.1) is 0 Å². The minimum atomic E-state index is 0.612. The number of nitrogens with two attached hydrogens (primary N) is 1. The second kappa shape index (κ2) is 3.88. The van der Waals surface area contributed by atoms with Crippen molar-refractivity contribution in [3.63, 3.8) is 0 Å². The van der Waals surface area contributed by atoms with Crippen molar-refractivity contribution in [3.8, 4) is 0 Å². The average molecular weight is 320 g/mol. The number of rotatable bonds is 1. The van der Waals surface area contributed by atoms with Crippen LogP contribution >= 0.6 is 34.2 Å². The highest BCUT2D eigenvalue weighted by Crippen LogP contribution is 2.27. The number of nitrogens with one attached hydrogen (secondary N) is 1. The number of benzene rings is 1. The summed E-state index contributed by atoms with van der Waals surface area (Å²) in [6, 6.07) is 7.56. The summed E-state index contributed by atoms with van der Waals surface area (Å²) in [5.41, 5.74) is 3.27. The number of hydrogen-bond donors (Lipinski definition) is 2. The average Bonchev–Trinajstić information content (AvgIpc) is 2.23. The molecule has 1 aromatic heterocycles. The van der Waals surface area contributed by atoms with Gasteiger partial charge in [-0.05, 0) is 46.9 Å².